The number of thioether (sulfide) groups is 1. The molecule has 0 aliphatic carbocycles. The topological polar surface area (TPSA) is 39.4 Å². The Hall–Kier alpha value is -1.82. The fourth-order valence-corrected chi connectivity index (χ4v) is 2.20. The van der Waals surface area contributed by atoms with E-state index in [1.165, 1.54) is 31.0 Å². The lowest BCUT2D eigenvalue weighted by atomic mass is 10.3. The van der Waals surface area contributed by atoms with E-state index in [-0.39, 0.29) is 5.76 Å². The van der Waals surface area contributed by atoms with E-state index in [1.54, 1.807) is 6.07 Å². The number of carbonyl (C=O) groups is 1. The molecule has 0 saturated carbocycles. The van der Waals surface area contributed by atoms with E-state index in [1.807, 2.05) is 0 Å². The third-order valence-corrected chi connectivity index (χ3v) is 3.34. The molecule has 2 aromatic rings. The Morgan fingerprint density at radius 2 is 2.05 bits per heavy atom. The van der Waals surface area contributed by atoms with Crippen LogP contribution < -0.4 is 0 Å². The molecule has 0 atom stereocenters. The zero-order valence-corrected chi connectivity index (χ0v) is 10.8. The molecule has 1 heterocycles. The van der Waals surface area contributed by atoms with E-state index in [2.05, 4.69) is 4.74 Å². The summed E-state index contributed by atoms with van der Waals surface area (Å²) in [6.45, 7) is 0. The summed E-state index contributed by atoms with van der Waals surface area (Å²) in [6.07, 6.45) is 0. The number of carbonyl (C=O) groups excluding carboxylic acids is 1. The van der Waals surface area contributed by atoms with Gasteiger partial charge in [0, 0.05) is 4.90 Å². The molecule has 3 nitrogen and oxygen atoms in total. The van der Waals surface area contributed by atoms with E-state index in [0.717, 1.165) is 12.1 Å². The highest BCUT2D eigenvalue weighted by Crippen LogP contribution is 2.25. The zero-order valence-electron chi connectivity index (χ0n) is 9.98. The van der Waals surface area contributed by atoms with Gasteiger partial charge in [0.05, 0.1) is 12.9 Å². The van der Waals surface area contributed by atoms with Gasteiger partial charge >= 0.3 is 5.97 Å². The van der Waals surface area contributed by atoms with Crippen molar-refractivity contribution in [1.82, 2.24) is 0 Å². The highest BCUT2D eigenvalue weighted by Gasteiger charge is 2.11. The molecule has 0 radical (unpaired) electrons. The van der Waals surface area contributed by atoms with Crippen molar-refractivity contribution in [2.24, 2.45) is 0 Å². The molecule has 1 aromatic carbocycles. The van der Waals surface area contributed by atoms with Crippen molar-refractivity contribution >= 4 is 17.7 Å². The average molecular weight is 284 g/mol. The Morgan fingerprint density at radius 3 is 2.74 bits per heavy atom. The monoisotopic (exact) mass is 284 g/mol. The molecule has 0 spiro atoms. The summed E-state index contributed by atoms with van der Waals surface area (Å²) in [7, 11) is 1.26. The molecule has 0 N–H and O–H groups in total. The van der Waals surface area contributed by atoms with Crippen LogP contribution in [0.25, 0.3) is 0 Å². The van der Waals surface area contributed by atoms with Gasteiger partial charge in [-0.25, -0.2) is 13.6 Å². The number of furan rings is 1. The third kappa shape index (κ3) is 3.35. The van der Waals surface area contributed by atoms with Crippen LogP contribution in [0.5, 0.6) is 0 Å². The number of benzene rings is 1. The number of halogens is 2. The van der Waals surface area contributed by atoms with Gasteiger partial charge in [-0.15, -0.1) is 11.8 Å². The fourth-order valence-electron chi connectivity index (χ4n) is 1.39. The van der Waals surface area contributed by atoms with Gasteiger partial charge in [0.1, 0.15) is 5.76 Å². The lowest BCUT2D eigenvalue weighted by Gasteiger charge is -2.00. The van der Waals surface area contributed by atoms with Crippen LogP contribution in [-0.4, -0.2) is 13.1 Å². The lowest BCUT2D eigenvalue weighted by molar-refractivity contribution is 0.0563. The molecule has 0 aliphatic heterocycles. The van der Waals surface area contributed by atoms with Crippen LogP contribution in [0.2, 0.25) is 0 Å². The van der Waals surface area contributed by atoms with Crippen molar-refractivity contribution < 1.29 is 22.7 Å². The molecular weight excluding hydrogens is 274 g/mol. The maximum atomic E-state index is 13.0. The predicted molar refractivity (Wildman–Crippen MR) is 66.0 cm³/mol. The van der Waals surface area contributed by atoms with Gasteiger partial charge in [0.2, 0.25) is 5.76 Å². The first-order chi connectivity index (χ1) is 9.10. The van der Waals surface area contributed by atoms with E-state index < -0.39 is 17.6 Å². The molecule has 0 unspecified atom stereocenters. The molecule has 6 heteroatoms. The Labute approximate surface area is 112 Å². The average Bonchev–Trinajstić information content (AvgIpc) is 2.88. The van der Waals surface area contributed by atoms with Crippen molar-refractivity contribution in [1.29, 1.82) is 0 Å². The van der Waals surface area contributed by atoms with Gasteiger partial charge in [-0.3, -0.25) is 0 Å². The van der Waals surface area contributed by atoms with Crippen LogP contribution in [0.4, 0.5) is 8.78 Å². The molecular formula is C13H10F2O3S. The van der Waals surface area contributed by atoms with E-state index >= 15 is 0 Å². The minimum Gasteiger partial charge on any atom is -0.463 e. The van der Waals surface area contributed by atoms with Gasteiger partial charge in [-0.2, -0.15) is 0 Å². The molecule has 0 saturated heterocycles. The zero-order chi connectivity index (χ0) is 13.8. The fraction of sp³-hybridized carbons (Fsp3) is 0.154. The van der Waals surface area contributed by atoms with Crippen LogP contribution >= 0.6 is 11.8 Å². The summed E-state index contributed by atoms with van der Waals surface area (Å²) in [4.78, 5) is 11.7. The van der Waals surface area contributed by atoms with Crippen molar-refractivity contribution in [3.05, 3.63) is 53.5 Å². The Balaban J connectivity index is 2.00. The highest BCUT2D eigenvalue weighted by molar-refractivity contribution is 7.98. The minimum absolute atomic E-state index is 0.114. The largest absolute Gasteiger partial charge is 0.463 e. The Kier molecular flexibility index (Phi) is 4.21. The smallest absolute Gasteiger partial charge is 0.373 e. The second-order valence-electron chi connectivity index (χ2n) is 3.62. The van der Waals surface area contributed by atoms with Crippen molar-refractivity contribution in [2.75, 3.05) is 7.11 Å². The summed E-state index contributed by atoms with van der Waals surface area (Å²) in [5, 5.41) is 0. The van der Waals surface area contributed by atoms with Crippen LogP contribution in [0.1, 0.15) is 16.3 Å². The Bertz CT molecular complexity index is 595. The summed E-state index contributed by atoms with van der Waals surface area (Å²) in [5.74, 6) is -1.25. The van der Waals surface area contributed by atoms with Gasteiger partial charge in [0.25, 0.3) is 0 Å². The van der Waals surface area contributed by atoms with E-state index in [9.17, 15) is 13.6 Å². The number of esters is 1. The summed E-state index contributed by atoms with van der Waals surface area (Å²) >= 11 is 1.28. The molecule has 100 valence electrons. The van der Waals surface area contributed by atoms with E-state index in [4.69, 9.17) is 4.42 Å². The lowest BCUT2D eigenvalue weighted by Crippen LogP contribution is -1.98. The molecule has 0 aliphatic rings. The number of rotatable bonds is 4. The molecule has 0 fully saturated rings. The maximum Gasteiger partial charge on any atom is 0.373 e. The molecule has 1 aromatic heterocycles. The van der Waals surface area contributed by atoms with E-state index in [0.29, 0.717) is 16.4 Å². The molecule has 2 rings (SSSR count). The Morgan fingerprint density at radius 1 is 1.26 bits per heavy atom. The second-order valence-corrected chi connectivity index (χ2v) is 4.67. The molecule has 0 amide bonds. The van der Waals surface area contributed by atoms with Crippen LogP contribution in [-0.2, 0) is 10.5 Å². The normalized spacial score (nSPS) is 10.5. The SMILES string of the molecule is COC(=O)c1ccc(CSc2ccc(F)c(F)c2)o1. The molecule has 19 heavy (non-hydrogen) atoms. The van der Waals surface area contributed by atoms with Crippen molar-refractivity contribution in [3.63, 3.8) is 0 Å². The maximum absolute atomic E-state index is 13.0. The second kappa shape index (κ2) is 5.88. The number of methoxy groups -OCH3 is 1. The first-order valence-corrected chi connectivity index (χ1v) is 6.33. The number of ether oxygens (including phenoxy) is 1. The van der Waals surface area contributed by atoms with Crippen LogP contribution in [0.3, 0.4) is 0 Å². The minimum atomic E-state index is -0.889. The van der Waals surface area contributed by atoms with Crippen LogP contribution in [0, 0.1) is 11.6 Å². The highest BCUT2D eigenvalue weighted by atomic mass is 32.2. The van der Waals surface area contributed by atoms with Crippen molar-refractivity contribution in [3.8, 4) is 0 Å². The predicted octanol–water partition coefficient (Wildman–Crippen LogP) is 3.64. The van der Waals surface area contributed by atoms with Gasteiger partial charge < -0.3 is 9.15 Å². The van der Waals surface area contributed by atoms with Crippen molar-refractivity contribution in [2.45, 2.75) is 10.6 Å². The van der Waals surface area contributed by atoms with Crippen LogP contribution in [0.15, 0.2) is 39.6 Å². The van der Waals surface area contributed by atoms with Gasteiger partial charge in [-0.1, -0.05) is 0 Å². The number of hydrogen-bond acceptors (Lipinski definition) is 4. The summed E-state index contributed by atoms with van der Waals surface area (Å²) < 4.78 is 35.5. The third-order valence-electron chi connectivity index (χ3n) is 2.32. The number of hydrogen-bond donors (Lipinski definition) is 0. The molecule has 0 bridgehead atoms. The summed E-state index contributed by atoms with van der Waals surface area (Å²) in [6, 6.07) is 6.81. The van der Waals surface area contributed by atoms with Gasteiger partial charge in [-0.05, 0) is 30.3 Å². The quantitative estimate of drug-likeness (QED) is 0.635. The summed E-state index contributed by atoms with van der Waals surface area (Å²) in [5.41, 5.74) is 0. The first kappa shape index (κ1) is 13.6. The standard InChI is InChI=1S/C13H10F2O3S/c1-17-13(16)12-5-2-8(18-12)7-19-9-3-4-10(14)11(15)6-9/h2-6H,7H2,1H3. The van der Waals surface area contributed by atoms with Gasteiger partial charge in [0.15, 0.2) is 11.6 Å². The first-order valence-electron chi connectivity index (χ1n) is 5.35.